The van der Waals surface area contributed by atoms with E-state index in [0.717, 1.165) is 0 Å². The molecule has 0 aromatic carbocycles. The molecule has 1 atom stereocenters. The van der Waals surface area contributed by atoms with Crippen LogP contribution in [0.1, 0.15) is 6.92 Å². The first-order chi connectivity index (χ1) is 5.52. The standard InChI is InChI=1S/C7H13N3O2/c1-5(8)3-10-6(11)4-9(2)7(10)12/h5H,3-4,8H2,1-2H3/t5-/m0/s1. The first-order valence-electron chi connectivity index (χ1n) is 3.83. The van der Waals surface area contributed by atoms with Gasteiger partial charge in [0, 0.05) is 19.6 Å². The predicted molar refractivity (Wildman–Crippen MR) is 43.4 cm³/mol. The van der Waals surface area contributed by atoms with Gasteiger partial charge in [-0.1, -0.05) is 0 Å². The van der Waals surface area contributed by atoms with Crippen LogP contribution in [0.25, 0.3) is 0 Å². The monoisotopic (exact) mass is 171 g/mol. The predicted octanol–water partition coefficient (Wildman–Crippen LogP) is -0.772. The smallest absolute Gasteiger partial charge is 0.326 e. The van der Waals surface area contributed by atoms with Crippen LogP contribution in [0, 0.1) is 0 Å². The van der Waals surface area contributed by atoms with Crippen LogP contribution in [0.5, 0.6) is 0 Å². The summed E-state index contributed by atoms with van der Waals surface area (Å²) in [7, 11) is 1.60. The second kappa shape index (κ2) is 3.10. The molecule has 5 nitrogen and oxygen atoms in total. The largest absolute Gasteiger partial charge is 0.327 e. The minimum Gasteiger partial charge on any atom is -0.326 e. The van der Waals surface area contributed by atoms with Crippen molar-refractivity contribution >= 4 is 11.9 Å². The molecule has 0 bridgehead atoms. The van der Waals surface area contributed by atoms with Gasteiger partial charge in [-0.3, -0.25) is 9.69 Å². The summed E-state index contributed by atoms with van der Waals surface area (Å²) in [4.78, 5) is 24.9. The Bertz CT molecular complexity index is 215. The Balaban J connectivity index is 2.64. The SMILES string of the molecule is C[C@H](N)CN1C(=O)CN(C)C1=O. The molecular formula is C7H13N3O2. The Morgan fingerprint density at radius 3 is 2.50 bits per heavy atom. The number of carbonyl (C=O) groups is 2. The van der Waals surface area contributed by atoms with Crippen molar-refractivity contribution in [3.8, 4) is 0 Å². The molecule has 12 heavy (non-hydrogen) atoms. The summed E-state index contributed by atoms with van der Waals surface area (Å²) >= 11 is 0. The first kappa shape index (κ1) is 8.99. The second-order valence-electron chi connectivity index (χ2n) is 3.12. The van der Waals surface area contributed by atoms with E-state index in [9.17, 15) is 9.59 Å². The maximum absolute atomic E-state index is 11.2. The van der Waals surface area contributed by atoms with Crippen molar-refractivity contribution in [3.63, 3.8) is 0 Å². The van der Waals surface area contributed by atoms with Crippen molar-refractivity contribution in [2.24, 2.45) is 5.73 Å². The molecule has 2 N–H and O–H groups in total. The molecule has 1 rings (SSSR count). The van der Waals surface area contributed by atoms with E-state index < -0.39 is 0 Å². The molecule has 0 saturated carbocycles. The van der Waals surface area contributed by atoms with Crippen LogP contribution in [0.4, 0.5) is 4.79 Å². The number of hydrogen-bond acceptors (Lipinski definition) is 3. The van der Waals surface area contributed by atoms with Gasteiger partial charge in [-0.2, -0.15) is 0 Å². The molecule has 3 amide bonds. The zero-order valence-corrected chi connectivity index (χ0v) is 7.28. The van der Waals surface area contributed by atoms with Crippen molar-refractivity contribution in [2.75, 3.05) is 20.1 Å². The number of urea groups is 1. The summed E-state index contributed by atoms with van der Waals surface area (Å²) in [6, 6.07) is -0.415. The molecule has 0 aromatic rings. The van der Waals surface area contributed by atoms with Crippen molar-refractivity contribution in [2.45, 2.75) is 13.0 Å². The molecule has 0 aliphatic carbocycles. The van der Waals surface area contributed by atoms with Gasteiger partial charge in [0.2, 0.25) is 5.91 Å². The van der Waals surface area contributed by atoms with Crippen molar-refractivity contribution in [3.05, 3.63) is 0 Å². The summed E-state index contributed by atoms with van der Waals surface area (Å²) < 4.78 is 0. The number of carbonyl (C=O) groups excluding carboxylic acids is 2. The number of likely N-dealkylation sites (N-methyl/N-ethyl adjacent to an activating group) is 1. The van der Waals surface area contributed by atoms with Crippen LogP contribution in [0.15, 0.2) is 0 Å². The Kier molecular flexibility index (Phi) is 2.32. The lowest BCUT2D eigenvalue weighted by Crippen LogP contribution is -2.40. The Morgan fingerprint density at radius 2 is 2.17 bits per heavy atom. The highest BCUT2D eigenvalue weighted by atomic mass is 16.2. The highest BCUT2D eigenvalue weighted by Crippen LogP contribution is 2.07. The maximum Gasteiger partial charge on any atom is 0.327 e. The zero-order valence-electron chi connectivity index (χ0n) is 7.28. The Hall–Kier alpha value is -1.10. The number of nitrogens with zero attached hydrogens (tertiary/aromatic N) is 2. The lowest BCUT2D eigenvalue weighted by molar-refractivity contribution is -0.125. The molecule has 1 heterocycles. The van der Waals surface area contributed by atoms with E-state index in [-0.39, 0.29) is 24.5 Å². The van der Waals surface area contributed by atoms with E-state index in [1.807, 2.05) is 0 Å². The van der Waals surface area contributed by atoms with Crippen molar-refractivity contribution < 1.29 is 9.59 Å². The number of imide groups is 1. The van der Waals surface area contributed by atoms with Gasteiger partial charge in [-0.15, -0.1) is 0 Å². The number of hydrogen-bond donors (Lipinski definition) is 1. The average Bonchev–Trinajstić information content (AvgIpc) is 2.16. The van der Waals surface area contributed by atoms with Crippen LogP contribution in [0.3, 0.4) is 0 Å². The average molecular weight is 171 g/mol. The molecule has 68 valence electrons. The number of nitrogens with two attached hydrogens (primary N) is 1. The third-order valence-electron chi connectivity index (χ3n) is 1.70. The lowest BCUT2D eigenvalue weighted by Gasteiger charge is -2.15. The maximum atomic E-state index is 11.2. The fourth-order valence-electron chi connectivity index (χ4n) is 1.14. The van der Waals surface area contributed by atoms with Gasteiger partial charge in [0.25, 0.3) is 0 Å². The molecule has 5 heteroatoms. The molecular weight excluding hydrogens is 158 g/mol. The van der Waals surface area contributed by atoms with Crippen LogP contribution in [-0.4, -0.2) is 47.9 Å². The molecule has 1 saturated heterocycles. The highest BCUT2D eigenvalue weighted by Gasteiger charge is 2.33. The summed E-state index contributed by atoms with van der Waals surface area (Å²) in [6.07, 6.45) is 0. The Labute approximate surface area is 71.1 Å². The fraction of sp³-hybridized carbons (Fsp3) is 0.714. The third kappa shape index (κ3) is 1.55. The first-order valence-corrected chi connectivity index (χ1v) is 3.83. The summed E-state index contributed by atoms with van der Waals surface area (Å²) in [5, 5.41) is 0. The van der Waals surface area contributed by atoms with Gasteiger partial charge in [0.15, 0.2) is 0 Å². The highest BCUT2D eigenvalue weighted by molar-refractivity contribution is 6.01. The molecule has 0 aromatic heterocycles. The van der Waals surface area contributed by atoms with Crippen molar-refractivity contribution in [1.29, 1.82) is 0 Å². The summed E-state index contributed by atoms with van der Waals surface area (Å²) in [5.74, 6) is -0.167. The molecule has 0 unspecified atom stereocenters. The topological polar surface area (TPSA) is 66.6 Å². The molecule has 1 aliphatic rings. The summed E-state index contributed by atoms with van der Waals surface area (Å²) in [6.45, 7) is 2.24. The van der Waals surface area contributed by atoms with Gasteiger partial charge in [-0.05, 0) is 6.92 Å². The van der Waals surface area contributed by atoms with Crippen LogP contribution >= 0.6 is 0 Å². The minimum atomic E-state index is -0.252. The van der Waals surface area contributed by atoms with Gasteiger partial charge >= 0.3 is 6.03 Å². The van der Waals surface area contributed by atoms with Gasteiger partial charge in [0.1, 0.15) is 6.54 Å². The van der Waals surface area contributed by atoms with Crippen molar-refractivity contribution in [1.82, 2.24) is 9.80 Å². The summed E-state index contributed by atoms with van der Waals surface area (Å²) in [5.41, 5.74) is 5.48. The van der Waals surface area contributed by atoms with E-state index in [0.29, 0.717) is 6.54 Å². The molecule has 1 fully saturated rings. The third-order valence-corrected chi connectivity index (χ3v) is 1.70. The van der Waals surface area contributed by atoms with E-state index in [1.54, 1.807) is 14.0 Å². The van der Waals surface area contributed by atoms with Crippen LogP contribution < -0.4 is 5.73 Å². The van der Waals surface area contributed by atoms with Gasteiger partial charge < -0.3 is 10.6 Å². The van der Waals surface area contributed by atoms with E-state index in [1.165, 1.54) is 9.80 Å². The second-order valence-corrected chi connectivity index (χ2v) is 3.12. The number of rotatable bonds is 2. The molecule has 0 radical (unpaired) electrons. The normalized spacial score (nSPS) is 20.6. The fourth-order valence-corrected chi connectivity index (χ4v) is 1.14. The quantitative estimate of drug-likeness (QED) is 0.555. The lowest BCUT2D eigenvalue weighted by atomic mass is 10.3. The molecule has 1 aliphatic heterocycles. The van der Waals surface area contributed by atoms with E-state index in [2.05, 4.69) is 0 Å². The van der Waals surface area contributed by atoms with E-state index in [4.69, 9.17) is 5.73 Å². The van der Waals surface area contributed by atoms with Gasteiger partial charge in [0.05, 0.1) is 0 Å². The van der Waals surface area contributed by atoms with Gasteiger partial charge in [-0.25, -0.2) is 4.79 Å². The molecule has 0 spiro atoms. The van der Waals surface area contributed by atoms with Crippen LogP contribution in [0.2, 0.25) is 0 Å². The Morgan fingerprint density at radius 1 is 1.58 bits per heavy atom. The number of amides is 3. The van der Waals surface area contributed by atoms with E-state index >= 15 is 0 Å². The van der Waals surface area contributed by atoms with Crippen LogP contribution in [-0.2, 0) is 4.79 Å². The minimum absolute atomic E-state index is 0.163. The zero-order chi connectivity index (χ0) is 9.30.